The van der Waals surface area contributed by atoms with Crippen LogP contribution in [0.25, 0.3) is 0 Å². The van der Waals surface area contributed by atoms with E-state index in [1.54, 1.807) is 21.9 Å². The van der Waals surface area contributed by atoms with Crippen molar-refractivity contribution in [3.05, 3.63) is 59.5 Å². The Kier molecular flexibility index (Phi) is 5.19. The summed E-state index contributed by atoms with van der Waals surface area (Å²) >= 11 is 0. The highest BCUT2D eigenvalue weighted by atomic mass is 16.3. The Morgan fingerprint density at radius 3 is 2.28 bits per heavy atom. The van der Waals surface area contributed by atoms with E-state index in [1.807, 2.05) is 37.3 Å². The van der Waals surface area contributed by atoms with E-state index < -0.39 is 0 Å². The molecular weight excluding hydrogens is 318 g/mol. The van der Waals surface area contributed by atoms with Crippen LogP contribution >= 0.6 is 0 Å². The number of carbonyl (C=O) groups is 2. The number of rotatable bonds is 4. The van der Waals surface area contributed by atoms with Gasteiger partial charge >= 0.3 is 0 Å². The maximum absolute atomic E-state index is 12.5. The highest BCUT2D eigenvalue weighted by Crippen LogP contribution is 2.17. The molecule has 0 saturated carbocycles. The second kappa shape index (κ2) is 7.53. The van der Waals surface area contributed by atoms with Gasteiger partial charge in [-0.15, -0.1) is 0 Å². The standard InChI is InChI=1S/C19H23N3O3/c1-14-7-8-17(25-14)19(24)22-11-9-21(10-12-22)18(23)13-16(20)15-5-3-2-4-6-15/h2-8,16H,9-13,20H2,1H3/t16-/m1/s1. The van der Waals surface area contributed by atoms with Crippen molar-refractivity contribution in [3.63, 3.8) is 0 Å². The molecule has 0 aliphatic carbocycles. The summed E-state index contributed by atoms with van der Waals surface area (Å²) in [4.78, 5) is 28.3. The Labute approximate surface area is 147 Å². The molecule has 1 fully saturated rings. The van der Waals surface area contributed by atoms with Crippen LogP contribution in [0.1, 0.15) is 34.3 Å². The molecule has 0 radical (unpaired) electrons. The first-order chi connectivity index (χ1) is 12.0. The van der Waals surface area contributed by atoms with Crippen LogP contribution in [0.5, 0.6) is 0 Å². The monoisotopic (exact) mass is 341 g/mol. The molecule has 1 saturated heterocycles. The molecule has 6 nitrogen and oxygen atoms in total. The number of amides is 2. The van der Waals surface area contributed by atoms with E-state index in [0.717, 1.165) is 5.56 Å². The number of carbonyl (C=O) groups excluding carboxylic acids is 2. The van der Waals surface area contributed by atoms with Gasteiger partial charge in [0.2, 0.25) is 5.91 Å². The molecule has 1 aliphatic heterocycles. The third-order valence-corrected chi connectivity index (χ3v) is 4.49. The van der Waals surface area contributed by atoms with E-state index in [2.05, 4.69) is 0 Å². The van der Waals surface area contributed by atoms with Crippen molar-refractivity contribution in [2.45, 2.75) is 19.4 Å². The van der Waals surface area contributed by atoms with Crippen molar-refractivity contribution < 1.29 is 14.0 Å². The quantitative estimate of drug-likeness (QED) is 0.922. The van der Waals surface area contributed by atoms with Crippen molar-refractivity contribution >= 4 is 11.8 Å². The summed E-state index contributed by atoms with van der Waals surface area (Å²) in [6.45, 7) is 3.86. The summed E-state index contributed by atoms with van der Waals surface area (Å²) < 4.78 is 5.39. The predicted molar refractivity (Wildman–Crippen MR) is 93.9 cm³/mol. The first kappa shape index (κ1) is 17.2. The van der Waals surface area contributed by atoms with Gasteiger partial charge in [-0.05, 0) is 24.6 Å². The number of nitrogens with two attached hydrogens (primary N) is 1. The minimum atomic E-state index is -0.306. The van der Waals surface area contributed by atoms with Crippen LogP contribution < -0.4 is 5.73 Å². The maximum Gasteiger partial charge on any atom is 0.289 e. The van der Waals surface area contributed by atoms with Gasteiger partial charge in [0.1, 0.15) is 5.76 Å². The summed E-state index contributed by atoms with van der Waals surface area (Å²) in [5.41, 5.74) is 7.09. The molecule has 2 amide bonds. The molecule has 2 N–H and O–H groups in total. The van der Waals surface area contributed by atoms with Crippen LogP contribution in [0.15, 0.2) is 46.9 Å². The van der Waals surface area contributed by atoms with E-state index in [9.17, 15) is 9.59 Å². The average Bonchev–Trinajstić information content (AvgIpc) is 3.08. The Morgan fingerprint density at radius 2 is 1.68 bits per heavy atom. The molecule has 1 aromatic carbocycles. The molecular formula is C19H23N3O3. The molecule has 0 spiro atoms. The largest absolute Gasteiger partial charge is 0.456 e. The predicted octanol–water partition coefficient (Wildman–Crippen LogP) is 1.96. The van der Waals surface area contributed by atoms with Crippen molar-refractivity contribution in [2.24, 2.45) is 5.73 Å². The highest BCUT2D eigenvalue weighted by Gasteiger charge is 2.27. The SMILES string of the molecule is Cc1ccc(C(=O)N2CCN(C(=O)C[C@@H](N)c3ccccc3)CC2)o1. The molecule has 3 rings (SSSR count). The van der Waals surface area contributed by atoms with Crippen LogP contribution in [-0.2, 0) is 4.79 Å². The number of hydrogen-bond acceptors (Lipinski definition) is 4. The van der Waals surface area contributed by atoms with Crippen LogP contribution in [0.2, 0.25) is 0 Å². The fourth-order valence-corrected chi connectivity index (χ4v) is 3.00. The Balaban J connectivity index is 1.51. The summed E-state index contributed by atoms with van der Waals surface area (Å²) in [5.74, 6) is 0.967. The van der Waals surface area contributed by atoms with Crippen LogP contribution in [0.3, 0.4) is 0 Å². The molecule has 6 heteroatoms. The van der Waals surface area contributed by atoms with Crippen molar-refractivity contribution in [1.29, 1.82) is 0 Å². The van der Waals surface area contributed by atoms with Gasteiger partial charge < -0.3 is 20.0 Å². The normalized spacial score (nSPS) is 15.9. The van der Waals surface area contributed by atoms with Gasteiger partial charge in [-0.2, -0.15) is 0 Å². The number of benzene rings is 1. The topological polar surface area (TPSA) is 79.8 Å². The number of aryl methyl sites for hydroxylation is 1. The fraction of sp³-hybridized carbons (Fsp3) is 0.368. The Hall–Kier alpha value is -2.60. The zero-order valence-electron chi connectivity index (χ0n) is 14.4. The molecule has 2 aromatic rings. The number of furan rings is 1. The van der Waals surface area contributed by atoms with Crippen molar-refractivity contribution in [3.8, 4) is 0 Å². The van der Waals surface area contributed by atoms with E-state index in [4.69, 9.17) is 10.2 Å². The minimum Gasteiger partial charge on any atom is -0.456 e. The summed E-state index contributed by atoms with van der Waals surface area (Å²) in [7, 11) is 0. The lowest BCUT2D eigenvalue weighted by atomic mass is 10.0. The first-order valence-electron chi connectivity index (χ1n) is 8.48. The minimum absolute atomic E-state index is 0.0253. The third-order valence-electron chi connectivity index (χ3n) is 4.49. The zero-order valence-corrected chi connectivity index (χ0v) is 14.4. The van der Waals surface area contributed by atoms with E-state index in [0.29, 0.717) is 37.7 Å². The summed E-state index contributed by atoms with van der Waals surface area (Å²) in [6.07, 6.45) is 0.273. The van der Waals surface area contributed by atoms with E-state index >= 15 is 0 Å². The smallest absolute Gasteiger partial charge is 0.289 e. The number of nitrogens with zero attached hydrogens (tertiary/aromatic N) is 2. The van der Waals surface area contributed by atoms with Gasteiger partial charge in [0.15, 0.2) is 5.76 Å². The van der Waals surface area contributed by atoms with Crippen molar-refractivity contribution in [1.82, 2.24) is 9.80 Å². The lowest BCUT2D eigenvalue weighted by molar-refractivity contribution is -0.133. The van der Waals surface area contributed by atoms with E-state index in [1.165, 1.54) is 0 Å². The average molecular weight is 341 g/mol. The highest BCUT2D eigenvalue weighted by molar-refractivity contribution is 5.91. The van der Waals surface area contributed by atoms with Gasteiger partial charge in [-0.25, -0.2) is 0 Å². The lowest BCUT2D eigenvalue weighted by Crippen LogP contribution is -2.50. The van der Waals surface area contributed by atoms with Crippen LogP contribution in [0, 0.1) is 6.92 Å². The first-order valence-corrected chi connectivity index (χ1v) is 8.48. The molecule has 132 valence electrons. The second-order valence-electron chi connectivity index (χ2n) is 6.30. The molecule has 0 unspecified atom stereocenters. The number of hydrogen-bond donors (Lipinski definition) is 1. The maximum atomic E-state index is 12.5. The van der Waals surface area contributed by atoms with Gasteiger partial charge in [0.25, 0.3) is 5.91 Å². The molecule has 1 aromatic heterocycles. The molecule has 1 atom stereocenters. The van der Waals surface area contributed by atoms with Gasteiger partial charge in [0, 0.05) is 38.6 Å². The fourth-order valence-electron chi connectivity index (χ4n) is 3.00. The summed E-state index contributed by atoms with van der Waals surface area (Å²) in [6, 6.07) is 12.8. The van der Waals surface area contributed by atoms with Crippen LogP contribution in [0.4, 0.5) is 0 Å². The Bertz CT molecular complexity index is 733. The molecule has 1 aliphatic rings. The number of piperazine rings is 1. The van der Waals surface area contributed by atoms with Gasteiger partial charge in [-0.3, -0.25) is 9.59 Å². The summed E-state index contributed by atoms with van der Waals surface area (Å²) in [5, 5.41) is 0. The van der Waals surface area contributed by atoms with Crippen LogP contribution in [-0.4, -0.2) is 47.8 Å². The molecule has 2 heterocycles. The third kappa shape index (κ3) is 4.09. The zero-order chi connectivity index (χ0) is 17.8. The van der Waals surface area contributed by atoms with Crippen molar-refractivity contribution in [2.75, 3.05) is 26.2 Å². The van der Waals surface area contributed by atoms with Gasteiger partial charge in [0.05, 0.1) is 0 Å². The lowest BCUT2D eigenvalue weighted by Gasteiger charge is -2.34. The Morgan fingerprint density at radius 1 is 1.04 bits per heavy atom. The van der Waals surface area contributed by atoms with E-state index in [-0.39, 0.29) is 24.3 Å². The second-order valence-corrected chi connectivity index (χ2v) is 6.30. The van der Waals surface area contributed by atoms with Gasteiger partial charge in [-0.1, -0.05) is 30.3 Å². The molecule has 25 heavy (non-hydrogen) atoms. The molecule has 0 bridgehead atoms.